The van der Waals surface area contributed by atoms with Gasteiger partial charge in [-0.25, -0.2) is 9.67 Å². The number of rotatable bonds is 6. The van der Waals surface area contributed by atoms with Gasteiger partial charge in [0.1, 0.15) is 11.7 Å². The average molecular weight is 288 g/mol. The van der Waals surface area contributed by atoms with Gasteiger partial charge in [-0.15, -0.1) is 5.10 Å². The zero-order valence-corrected chi connectivity index (χ0v) is 12.5. The summed E-state index contributed by atoms with van der Waals surface area (Å²) < 4.78 is 1.62. The molecule has 0 aliphatic carbocycles. The second-order valence-corrected chi connectivity index (χ2v) is 4.95. The molecule has 2 aromatic rings. The summed E-state index contributed by atoms with van der Waals surface area (Å²) in [4.78, 5) is 10.0. The van der Waals surface area contributed by atoms with Gasteiger partial charge in [0.15, 0.2) is 6.23 Å². The van der Waals surface area contributed by atoms with Crippen molar-refractivity contribution in [3.05, 3.63) is 24.3 Å². The SMILES string of the molecule is CCC(N=C=NC(O)Cn1nnc2ccccc21)N(C)C. The van der Waals surface area contributed by atoms with Gasteiger partial charge in [-0.3, -0.25) is 4.90 Å². The quantitative estimate of drug-likeness (QED) is 0.811. The fourth-order valence-corrected chi connectivity index (χ4v) is 1.99. The van der Waals surface area contributed by atoms with Crippen LogP contribution >= 0.6 is 0 Å². The first kappa shape index (κ1) is 15.3. The minimum atomic E-state index is -0.946. The van der Waals surface area contributed by atoms with E-state index in [9.17, 15) is 5.11 Å². The maximum Gasteiger partial charge on any atom is 0.175 e. The third-order valence-electron chi connectivity index (χ3n) is 3.13. The molecule has 0 spiro atoms. The number of para-hydroxylation sites is 1. The van der Waals surface area contributed by atoms with Gasteiger partial charge in [0, 0.05) is 0 Å². The van der Waals surface area contributed by atoms with Crippen LogP contribution in [0.1, 0.15) is 13.3 Å². The number of aromatic nitrogens is 3. The van der Waals surface area contributed by atoms with Gasteiger partial charge in [0.05, 0.1) is 18.1 Å². The molecule has 1 aromatic carbocycles. The lowest BCUT2D eigenvalue weighted by atomic mass is 10.3. The number of benzene rings is 1. The topological polar surface area (TPSA) is 78.9 Å². The maximum atomic E-state index is 9.91. The molecule has 0 fully saturated rings. The van der Waals surface area contributed by atoms with Gasteiger partial charge in [-0.2, -0.15) is 4.99 Å². The van der Waals surface area contributed by atoms with Crippen molar-refractivity contribution in [2.75, 3.05) is 14.1 Å². The van der Waals surface area contributed by atoms with Crippen molar-refractivity contribution in [1.29, 1.82) is 0 Å². The molecule has 0 aliphatic heterocycles. The first-order valence-electron chi connectivity index (χ1n) is 6.89. The van der Waals surface area contributed by atoms with Crippen LogP contribution in [0.2, 0.25) is 0 Å². The summed E-state index contributed by atoms with van der Waals surface area (Å²) in [5.41, 5.74) is 1.66. The van der Waals surface area contributed by atoms with Crippen LogP contribution in [0.25, 0.3) is 11.0 Å². The van der Waals surface area contributed by atoms with Crippen molar-refractivity contribution in [3.8, 4) is 0 Å². The molecule has 0 saturated carbocycles. The van der Waals surface area contributed by atoms with Crippen molar-refractivity contribution in [1.82, 2.24) is 19.9 Å². The molecule has 0 amide bonds. The lowest BCUT2D eigenvalue weighted by Gasteiger charge is -2.16. The Morgan fingerprint density at radius 2 is 2.10 bits per heavy atom. The Labute approximate surface area is 123 Å². The molecular weight excluding hydrogens is 268 g/mol. The lowest BCUT2D eigenvalue weighted by Crippen LogP contribution is -2.24. The summed E-state index contributed by atoms with van der Waals surface area (Å²) in [5.74, 6) is 0. The molecule has 0 radical (unpaired) electrons. The number of hydrogen-bond acceptors (Lipinski definition) is 6. The largest absolute Gasteiger partial charge is 0.369 e. The minimum absolute atomic E-state index is 0.0214. The monoisotopic (exact) mass is 288 g/mol. The van der Waals surface area contributed by atoms with E-state index in [-0.39, 0.29) is 12.7 Å². The molecule has 112 valence electrons. The molecule has 1 aromatic heterocycles. The Bertz CT molecular complexity index is 644. The molecule has 0 saturated heterocycles. The van der Waals surface area contributed by atoms with Gasteiger partial charge in [0.2, 0.25) is 0 Å². The third kappa shape index (κ3) is 3.95. The summed E-state index contributed by atoms with van der Waals surface area (Å²) >= 11 is 0. The van der Waals surface area contributed by atoms with Crippen LogP contribution < -0.4 is 0 Å². The number of hydrogen-bond donors (Lipinski definition) is 1. The van der Waals surface area contributed by atoms with Gasteiger partial charge in [-0.05, 0) is 32.6 Å². The fourth-order valence-electron chi connectivity index (χ4n) is 1.99. The van der Waals surface area contributed by atoms with Crippen LogP contribution in [0.3, 0.4) is 0 Å². The number of aliphatic hydroxyl groups is 1. The first-order chi connectivity index (χ1) is 10.1. The van der Waals surface area contributed by atoms with Gasteiger partial charge in [-0.1, -0.05) is 24.3 Å². The van der Waals surface area contributed by atoms with E-state index in [4.69, 9.17) is 0 Å². The smallest absolute Gasteiger partial charge is 0.175 e. The maximum absolute atomic E-state index is 9.91. The summed E-state index contributed by atoms with van der Waals surface area (Å²) in [6.07, 6.45) is -0.0639. The molecular formula is C14H20N6O. The molecule has 2 unspecified atom stereocenters. The highest BCUT2D eigenvalue weighted by molar-refractivity contribution is 5.73. The van der Waals surface area contributed by atoms with Crippen molar-refractivity contribution in [2.24, 2.45) is 9.98 Å². The van der Waals surface area contributed by atoms with Crippen LogP contribution in [0.5, 0.6) is 0 Å². The third-order valence-corrected chi connectivity index (χ3v) is 3.13. The molecule has 7 heteroatoms. The second-order valence-electron chi connectivity index (χ2n) is 4.95. The molecule has 0 bridgehead atoms. The Morgan fingerprint density at radius 3 is 2.81 bits per heavy atom. The Balaban J connectivity index is 2.04. The molecule has 1 N–H and O–H groups in total. The molecule has 21 heavy (non-hydrogen) atoms. The van der Waals surface area contributed by atoms with Crippen LogP contribution in [0.15, 0.2) is 34.3 Å². The zero-order chi connectivity index (χ0) is 15.2. The summed E-state index contributed by atoms with van der Waals surface area (Å²) in [5, 5.41) is 17.9. The highest BCUT2D eigenvalue weighted by atomic mass is 16.3. The van der Waals surface area contributed by atoms with Crippen LogP contribution in [-0.4, -0.2) is 57.5 Å². The van der Waals surface area contributed by atoms with Crippen molar-refractivity contribution < 1.29 is 5.11 Å². The Morgan fingerprint density at radius 1 is 1.33 bits per heavy atom. The number of nitrogens with zero attached hydrogens (tertiary/aromatic N) is 6. The van der Waals surface area contributed by atoms with E-state index >= 15 is 0 Å². The molecule has 2 atom stereocenters. The fraction of sp³-hybridized carbons (Fsp3) is 0.500. The Kier molecular flexibility index (Phi) is 5.16. The molecule has 2 rings (SSSR count). The Hall–Kier alpha value is -2.08. The van der Waals surface area contributed by atoms with E-state index in [1.165, 1.54) is 0 Å². The normalized spacial score (nSPS) is 14.0. The van der Waals surface area contributed by atoms with E-state index in [0.29, 0.717) is 0 Å². The molecule has 7 nitrogen and oxygen atoms in total. The zero-order valence-electron chi connectivity index (χ0n) is 12.5. The lowest BCUT2D eigenvalue weighted by molar-refractivity contribution is 0.160. The summed E-state index contributed by atoms with van der Waals surface area (Å²) in [6, 6.07) is 10.2. The van der Waals surface area contributed by atoms with Crippen molar-refractivity contribution >= 4 is 17.0 Å². The number of fused-ring (bicyclic) bond motifs is 1. The van der Waals surface area contributed by atoms with Crippen molar-refractivity contribution in [3.63, 3.8) is 0 Å². The minimum Gasteiger partial charge on any atom is -0.369 e. The number of aliphatic imine (C=N–C) groups is 2. The van der Waals surface area contributed by atoms with Crippen LogP contribution in [0.4, 0.5) is 0 Å². The number of aliphatic hydroxyl groups excluding tert-OH is 1. The van der Waals surface area contributed by atoms with Crippen LogP contribution in [0, 0.1) is 0 Å². The predicted molar refractivity (Wildman–Crippen MR) is 81.2 cm³/mol. The van der Waals surface area contributed by atoms with E-state index in [0.717, 1.165) is 17.5 Å². The standard InChI is InChI=1S/C14H20N6O/c1-4-13(19(2)3)15-10-16-14(21)9-20-12-8-6-5-7-11(12)17-18-20/h5-8,13-14,21H,4,9H2,1-3H3. The molecule has 1 heterocycles. The second kappa shape index (κ2) is 7.08. The highest BCUT2D eigenvalue weighted by Crippen LogP contribution is 2.10. The summed E-state index contributed by atoms with van der Waals surface area (Å²) in [7, 11) is 3.88. The van der Waals surface area contributed by atoms with E-state index in [1.54, 1.807) is 4.68 Å². The average Bonchev–Trinajstić information content (AvgIpc) is 2.86. The predicted octanol–water partition coefficient (Wildman–Crippen LogP) is 1.22. The first-order valence-corrected chi connectivity index (χ1v) is 6.89. The van der Waals surface area contributed by atoms with E-state index in [1.807, 2.05) is 50.2 Å². The highest BCUT2D eigenvalue weighted by Gasteiger charge is 2.08. The van der Waals surface area contributed by atoms with E-state index < -0.39 is 6.23 Å². The van der Waals surface area contributed by atoms with E-state index in [2.05, 4.69) is 26.3 Å². The van der Waals surface area contributed by atoms with Crippen LogP contribution in [-0.2, 0) is 6.54 Å². The molecule has 0 aliphatic rings. The summed E-state index contributed by atoms with van der Waals surface area (Å²) in [6.45, 7) is 2.26. The van der Waals surface area contributed by atoms with Gasteiger partial charge >= 0.3 is 0 Å². The van der Waals surface area contributed by atoms with Crippen molar-refractivity contribution in [2.45, 2.75) is 32.3 Å². The van der Waals surface area contributed by atoms with Gasteiger partial charge < -0.3 is 5.11 Å². The van der Waals surface area contributed by atoms with Gasteiger partial charge in [0.25, 0.3) is 0 Å².